The molecule has 13 heavy (non-hydrogen) atoms. The number of rotatable bonds is 1. The van der Waals surface area contributed by atoms with E-state index < -0.39 is 5.82 Å². The van der Waals surface area contributed by atoms with Gasteiger partial charge < -0.3 is 10.2 Å². The molecule has 0 aliphatic rings. The standard InChI is InChI=1S/C7H5BrFN3O/c8-4-1-3(2-13-4)6-5(9)7(10)12-11-6/h1-2H,(H3,10,11,12). The van der Waals surface area contributed by atoms with Gasteiger partial charge in [-0.1, -0.05) is 0 Å². The molecule has 0 saturated carbocycles. The second kappa shape index (κ2) is 2.88. The first-order chi connectivity index (χ1) is 6.18. The van der Waals surface area contributed by atoms with E-state index in [9.17, 15) is 4.39 Å². The van der Waals surface area contributed by atoms with Gasteiger partial charge in [0.15, 0.2) is 16.3 Å². The fourth-order valence-corrected chi connectivity index (χ4v) is 1.31. The average Bonchev–Trinajstić information content (AvgIpc) is 2.62. The average molecular weight is 246 g/mol. The first kappa shape index (κ1) is 8.31. The number of nitrogens with zero attached hydrogens (tertiary/aromatic N) is 1. The third-order valence-electron chi connectivity index (χ3n) is 1.59. The maximum Gasteiger partial charge on any atom is 0.192 e. The highest BCUT2D eigenvalue weighted by Gasteiger charge is 2.13. The lowest BCUT2D eigenvalue weighted by molar-refractivity contribution is 0.541. The van der Waals surface area contributed by atoms with Crippen molar-refractivity contribution in [1.29, 1.82) is 0 Å². The van der Waals surface area contributed by atoms with Gasteiger partial charge in [-0.2, -0.15) is 5.10 Å². The van der Waals surface area contributed by atoms with E-state index in [1.54, 1.807) is 6.07 Å². The van der Waals surface area contributed by atoms with E-state index in [1.165, 1.54) is 6.26 Å². The summed E-state index contributed by atoms with van der Waals surface area (Å²) in [5.74, 6) is -0.708. The van der Waals surface area contributed by atoms with Crippen LogP contribution in [0.4, 0.5) is 10.2 Å². The fourth-order valence-electron chi connectivity index (χ4n) is 0.975. The molecule has 2 rings (SSSR count). The maximum absolute atomic E-state index is 13.2. The molecule has 6 heteroatoms. The van der Waals surface area contributed by atoms with Crippen molar-refractivity contribution in [3.8, 4) is 11.3 Å². The van der Waals surface area contributed by atoms with Crippen LogP contribution in [0.3, 0.4) is 0 Å². The van der Waals surface area contributed by atoms with E-state index in [2.05, 4.69) is 26.1 Å². The van der Waals surface area contributed by atoms with E-state index >= 15 is 0 Å². The highest BCUT2D eigenvalue weighted by atomic mass is 79.9. The van der Waals surface area contributed by atoms with Crippen LogP contribution in [-0.4, -0.2) is 10.2 Å². The molecule has 0 aliphatic carbocycles. The number of halogens is 2. The molecule has 0 atom stereocenters. The molecule has 0 unspecified atom stereocenters. The summed E-state index contributed by atoms with van der Waals surface area (Å²) in [6.07, 6.45) is 1.40. The van der Waals surface area contributed by atoms with Crippen LogP contribution in [0.2, 0.25) is 0 Å². The van der Waals surface area contributed by atoms with E-state index in [1.807, 2.05) is 0 Å². The molecule has 0 saturated heterocycles. The van der Waals surface area contributed by atoms with E-state index in [0.29, 0.717) is 10.2 Å². The quantitative estimate of drug-likeness (QED) is 0.809. The van der Waals surface area contributed by atoms with Crippen LogP contribution in [-0.2, 0) is 0 Å². The molecule has 2 aromatic rings. The van der Waals surface area contributed by atoms with Gasteiger partial charge in [-0.25, -0.2) is 4.39 Å². The summed E-state index contributed by atoms with van der Waals surface area (Å²) >= 11 is 3.11. The summed E-state index contributed by atoms with van der Waals surface area (Å²) < 4.78 is 18.6. The van der Waals surface area contributed by atoms with Crippen LogP contribution in [0.1, 0.15) is 0 Å². The third-order valence-corrected chi connectivity index (χ3v) is 2.00. The minimum atomic E-state index is -0.562. The predicted octanol–water partition coefficient (Wildman–Crippen LogP) is 2.15. The molecule has 0 radical (unpaired) electrons. The third kappa shape index (κ3) is 1.33. The van der Waals surface area contributed by atoms with Gasteiger partial charge in [0.25, 0.3) is 0 Å². The normalized spacial score (nSPS) is 10.6. The lowest BCUT2D eigenvalue weighted by Gasteiger charge is -1.88. The number of hydrogen-bond donors (Lipinski definition) is 2. The Hall–Kier alpha value is -1.30. The molecular formula is C7H5BrFN3O. The van der Waals surface area contributed by atoms with Gasteiger partial charge in [0.2, 0.25) is 0 Å². The lowest BCUT2D eigenvalue weighted by Crippen LogP contribution is -1.86. The van der Waals surface area contributed by atoms with Crippen molar-refractivity contribution in [2.24, 2.45) is 0 Å². The van der Waals surface area contributed by atoms with Crippen molar-refractivity contribution in [3.05, 3.63) is 22.8 Å². The Kier molecular flexibility index (Phi) is 1.84. The van der Waals surface area contributed by atoms with E-state index in [-0.39, 0.29) is 11.5 Å². The summed E-state index contributed by atoms with van der Waals surface area (Å²) in [5.41, 5.74) is 6.02. The molecular weight excluding hydrogens is 241 g/mol. The van der Waals surface area contributed by atoms with Crippen LogP contribution in [0.5, 0.6) is 0 Å². The first-order valence-electron chi connectivity index (χ1n) is 3.42. The molecule has 0 spiro atoms. The number of aromatic nitrogens is 2. The van der Waals surface area contributed by atoms with Crippen molar-refractivity contribution in [2.45, 2.75) is 0 Å². The van der Waals surface area contributed by atoms with Gasteiger partial charge in [0, 0.05) is 11.6 Å². The zero-order chi connectivity index (χ0) is 9.42. The number of anilines is 1. The molecule has 3 N–H and O–H groups in total. The highest BCUT2D eigenvalue weighted by Crippen LogP contribution is 2.27. The molecule has 2 heterocycles. The van der Waals surface area contributed by atoms with Crippen molar-refractivity contribution in [2.75, 3.05) is 5.73 Å². The summed E-state index contributed by atoms with van der Waals surface area (Å²) in [4.78, 5) is 0. The topological polar surface area (TPSA) is 67.8 Å². The van der Waals surface area contributed by atoms with E-state index in [4.69, 9.17) is 10.2 Å². The number of H-pyrrole nitrogens is 1. The Labute approximate surface area is 81.1 Å². The van der Waals surface area contributed by atoms with Gasteiger partial charge in [0.1, 0.15) is 12.0 Å². The molecule has 0 amide bonds. The first-order valence-corrected chi connectivity index (χ1v) is 4.21. The Morgan fingerprint density at radius 2 is 2.38 bits per heavy atom. The number of nitrogen functional groups attached to an aromatic ring is 1. The molecule has 68 valence electrons. The van der Waals surface area contributed by atoms with Crippen molar-refractivity contribution < 1.29 is 8.81 Å². The van der Waals surface area contributed by atoms with Crippen LogP contribution >= 0.6 is 15.9 Å². The summed E-state index contributed by atoms with van der Waals surface area (Å²) in [5, 5.41) is 6.00. The zero-order valence-electron chi connectivity index (χ0n) is 6.34. The Bertz CT molecular complexity index is 437. The minimum absolute atomic E-state index is 0.146. The molecule has 0 bridgehead atoms. The Morgan fingerprint density at radius 1 is 1.62 bits per heavy atom. The maximum atomic E-state index is 13.2. The zero-order valence-corrected chi connectivity index (χ0v) is 7.93. The predicted molar refractivity (Wildman–Crippen MR) is 48.4 cm³/mol. The Morgan fingerprint density at radius 3 is 2.85 bits per heavy atom. The van der Waals surface area contributed by atoms with Gasteiger partial charge in [-0.15, -0.1) is 0 Å². The number of nitrogens with two attached hydrogens (primary N) is 1. The van der Waals surface area contributed by atoms with Crippen LogP contribution in [0, 0.1) is 5.82 Å². The number of furan rings is 1. The van der Waals surface area contributed by atoms with Gasteiger partial charge >= 0.3 is 0 Å². The summed E-state index contributed by atoms with van der Waals surface area (Å²) in [6, 6.07) is 1.62. The SMILES string of the molecule is Nc1n[nH]c(-c2coc(Br)c2)c1F. The molecule has 0 aromatic carbocycles. The van der Waals surface area contributed by atoms with E-state index in [0.717, 1.165) is 0 Å². The molecule has 2 aromatic heterocycles. The van der Waals surface area contributed by atoms with Crippen LogP contribution in [0.25, 0.3) is 11.3 Å². The van der Waals surface area contributed by atoms with Crippen molar-refractivity contribution in [1.82, 2.24) is 10.2 Å². The highest BCUT2D eigenvalue weighted by molar-refractivity contribution is 9.10. The minimum Gasteiger partial charge on any atom is -0.457 e. The van der Waals surface area contributed by atoms with Crippen molar-refractivity contribution in [3.63, 3.8) is 0 Å². The Balaban J connectivity index is 2.52. The lowest BCUT2D eigenvalue weighted by atomic mass is 10.2. The second-order valence-corrected chi connectivity index (χ2v) is 3.22. The number of nitrogens with one attached hydrogen (secondary N) is 1. The molecule has 4 nitrogen and oxygen atoms in total. The van der Waals surface area contributed by atoms with Crippen LogP contribution in [0.15, 0.2) is 21.4 Å². The van der Waals surface area contributed by atoms with Gasteiger partial charge in [-0.3, -0.25) is 5.10 Å². The largest absolute Gasteiger partial charge is 0.457 e. The fraction of sp³-hybridized carbons (Fsp3) is 0. The number of aromatic amines is 1. The monoisotopic (exact) mass is 245 g/mol. The van der Waals surface area contributed by atoms with Crippen LogP contribution < -0.4 is 5.73 Å². The van der Waals surface area contributed by atoms with Gasteiger partial charge in [-0.05, 0) is 15.9 Å². The summed E-state index contributed by atoms with van der Waals surface area (Å²) in [6.45, 7) is 0. The second-order valence-electron chi connectivity index (χ2n) is 2.44. The summed E-state index contributed by atoms with van der Waals surface area (Å²) in [7, 11) is 0. The molecule has 0 fully saturated rings. The van der Waals surface area contributed by atoms with Gasteiger partial charge in [0.05, 0.1) is 0 Å². The number of hydrogen-bond acceptors (Lipinski definition) is 3. The van der Waals surface area contributed by atoms with Crippen molar-refractivity contribution >= 4 is 21.7 Å². The smallest absolute Gasteiger partial charge is 0.192 e. The molecule has 0 aliphatic heterocycles.